The molecule has 0 radical (unpaired) electrons. The number of hydrogen-bond donors (Lipinski definition) is 2. The number of carboxylic acids is 1. The van der Waals surface area contributed by atoms with Crippen molar-refractivity contribution in [1.82, 2.24) is 4.90 Å². The van der Waals surface area contributed by atoms with Gasteiger partial charge in [-0.3, -0.25) is 0 Å². The van der Waals surface area contributed by atoms with Crippen LogP contribution in [-0.2, 0) is 4.79 Å². The van der Waals surface area contributed by atoms with Gasteiger partial charge in [-0.25, -0.2) is 9.59 Å². The summed E-state index contributed by atoms with van der Waals surface area (Å²) in [5.74, 6) is -1.03. The summed E-state index contributed by atoms with van der Waals surface area (Å²) in [6.45, 7) is 8.99. The number of likely N-dealkylation sites (N-methyl/N-ethyl adjacent to an activating group) is 1. The van der Waals surface area contributed by atoms with Crippen LogP contribution in [0.4, 0.5) is 10.5 Å². The Morgan fingerprint density at radius 3 is 2.40 bits per heavy atom. The number of carbonyl (C=O) groups excluding carboxylic acids is 1. The highest BCUT2D eigenvalue weighted by atomic mass is 16.4. The van der Waals surface area contributed by atoms with Crippen molar-refractivity contribution in [1.29, 1.82) is 0 Å². The first-order valence-electron chi connectivity index (χ1n) is 6.60. The van der Waals surface area contributed by atoms with Crippen LogP contribution in [0.25, 0.3) is 0 Å². The van der Waals surface area contributed by atoms with Crippen LogP contribution < -0.4 is 5.32 Å². The normalized spacial score (nSPS) is 11.1. The third kappa shape index (κ3) is 3.10. The summed E-state index contributed by atoms with van der Waals surface area (Å²) in [6.07, 6.45) is 0. The number of nitrogens with zero attached hydrogens (tertiary/aromatic N) is 1. The molecule has 0 saturated carbocycles. The number of benzene rings is 1. The van der Waals surface area contributed by atoms with Crippen molar-refractivity contribution in [2.45, 2.75) is 40.2 Å². The zero-order chi connectivity index (χ0) is 15.5. The van der Waals surface area contributed by atoms with Gasteiger partial charge in [0.05, 0.1) is 0 Å². The molecule has 0 bridgehead atoms. The number of rotatable bonds is 4. The summed E-state index contributed by atoms with van der Waals surface area (Å²) in [5, 5.41) is 12.0. The van der Waals surface area contributed by atoms with Gasteiger partial charge in [0.25, 0.3) is 0 Å². The molecule has 0 aliphatic heterocycles. The van der Waals surface area contributed by atoms with E-state index in [4.69, 9.17) is 0 Å². The fraction of sp³-hybridized carbons (Fsp3) is 0.467. The van der Waals surface area contributed by atoms with Crippen molar-refractivity contribution in [3.8, 4) is 0 Å². The first kappa shape index (κ1) is 16.0. The molecule has 2 N–H and O–H groups in total. The minimum atomic E-state index is -1.25. The molecule has 1 aromatic rings. The maximum atomic E-state index is 12.3. The van der Waals surface area contributed by atoms with Crippen LogP contribution >= 0.6 is 0 Å². The smallest absolute Gasteiger partial charge is 0.329 e. The third-order valence-corrected chi connectivity index (χ3v) is 3.61. The molecular weight excluding hydrogens is 256 g/mol. The van der Waals surface area contributed by atoms with Gasteiger partial charge in [-0.2, -0.15) is 0 Å². The molecule has 5 heteroatoms. The van der Waals surface area contributed by atoms with Gasteiger partial charge in [0.2, 0.25) is 0 Å². The molecule has 5 nitrogen and oxygen atoms in total. The van der Waals surface area contributed by atoms with E-state index < -0.39 is 17.5 Å². The van der Waals surface area contributed by atoms with Gasteiger partial charge in [0.15, 0.2) is 0 Å². The second-order valence-electron chi connectivity index (χ2n) is 5.29. The minimum absolute atomic E-state index is 0.315. The summed E-state index contributed by atoms with van der Waals surface area (Å²) in [6, 6.07) is 5.22. The number of urea groups is 1. The number of anilines is 1. The van der Waals surface area contributed by atoms with Gasteiger partial charge in [-0.05, 0) is 51.8 Å². The molecule has 0 heterocycles. The zero-order valence-corrected chi connectivity index (χ0v) is 12.7. The number of aryl methyl sites for hydroxylation is 1. The lowest BCUT2D eigenvalue weighted by molar-refractivity contribution is -0.147. The van der Waals surface area contributed by atoms with Crippen molar-refractivity contribution in [2.75, 3.05) is 11.9 Å². The van der Waals surface area contributed by atoms with E-state index in [-0.39, 0.29) is 0 Å². The highest BCUT2D eigenvalue weighted by Crippen LogP contribution is 2.21. The van der Waals surface area contributed by atoms with E-state index >= 15 is 0 Å². The van der Waals surface area contributed by atoms with Gasteiger partial charge in [0.1, 0.15) is 5.54 Å². The topological polar surface area (TPSA) is 69.6 Å². The molecule has 0 fully saturated rings. The number of aliphatic carboxylic acids is 1. The zero-order valence-electron chi connectivity index (χ0n) is 12.7. The monoisotopic (exact) mass is 278 g/mol. The fourth-order valence-corrected chi connectivity index (χ4v) is 1.98. The number of carboxylic acid groups (broad SMARTS) is 1. The van der Waals surface area contributed by atoms with Gasteiger partial charge >= 0.3 is 12.0 Å². The number of hydrogen-bond acceptors (Lipinski definition) is 2. The van der Waals surface area contributed by atoms with Crippen molar-refractivity contribution in [3.63, 3.8) is 0 Å². The van der Waals surface area contributed by atoms with Crippen LogP contribution in [0.5, 0.6) is 0 Å². The van der Waals surface area contributed by atoms with Crippen LogP contribution in [-0.4, -0.2) is 34.1 Å². The first-order chi connectivity index (χ1) is 9.21. The average molecular weight is 278 g/mol. The Morgan fingerprint density at radius 1 is 1.30 bits per heavy atom. The van der Waals surface area contributed by atoms with Crippen LogP contribution in [0.3, 0.4) is 0 Å². The Hall–Kier alpha value is -2.04. The van der Waals surface area contributed by atoms with E-state index in [1.165, 1.54) is 18.7 Å². The predicted molar refractivity (Wildman–Crippen MR) is 79.0 cm³/mol. The van der Waals surface area contributed by atoms with E-state index in [1.54, 1.807) is 6.92 Å². The SMILES string of the molecule is CCN(C(=O)Nc1cccc(C)c1C)C(C)(C)C(=O)O. The van der Waals surface area contributed by atoms with E-state index in [9.17, 15) is 14.7 Å². The molecule has 0 atom stereocenters. The quantitative estimate of drug-likeness (QED) is 0.889. The second kappa shape index (κ2) is 5.94. The molecule has 2 amide bonds. The lowest BCUT2D eigenvalue weighted by atomic mass is 10.0. The van der Waals surface area contributed by atoms with Crippen molar-refractivity contribution in [2.24, 2.45) is 0 Å². The van der Waals surface area contributed by atoms with Gasteiger partial charge < -0.3 is 15.3 Å². The van der Waals surface area contributed by atoms with E-state index in [1.807, 2.05) is 32.0 Å². The summed E-state index contributed by atoms with van der Waals surface area (Å²) < 4.78 is 0. The van der Waals surface area contributed by atoms with E-state index in [2.05, 4.69) is 5.32 Å². The van der Waals surface area contributed by atoms with Crippen LogP contribution in [0.15, 0.2) is 18.2 Å². The van der Waals surface area contributed by atoms with Gasteiger partial charge in [-0.1, -0.05) is 12.1 Å². The Labute approximate surface area is 119 Å². The number of carbonyl (C=O) groups is 2. The summed E-state index contributed by atoms with van der Waals surface area (Å²) in [5.41, 5.74) is 1.50. The highest BCUT2D eigenvalue weighted by Gasteiger charge is 2.37. The molecular formula is C15H22N2O3. The fourth-order valence-electron chi connectivity index (χ4n) is 1.98. The van der Waals surface area contributed by atoms with Crippen LogP contribution in [0.1, 0.15) is 31.9 Å². The van der Waals surface area contributed by atoms with Crippen molar-refractivity contribution < 1.29 is 14.7 Å². The Bertz CT molecular complexity index is 524. The first-order valence-corrected chi connectivity index (χ1v) is 6.60. The lowest BCUT2D eigenvalue weighted by Gasteiger charge is -2.34. The molecule has 0 spiro atoms. The maximum absolute atomic E-state index is 12.3. The van der Waals surface area contributed by atoms with Crippen LogP contribution in [0.2, 0.25) is 0 Å². The molecule has 1 aromatic carbocycles. The molecule has 0 saturated heterocycles. The molecule has 0 aliphatic rings. The maximum Gasteiger partial charge on any atom is 0.329 e. The average Bonchev–Trinajstić information content (AvgIpc) is 2.35. The predicted octanol–water partition coefficient (Wildman–Crippen LogP) is 3.02. The van der Waals surface area contributed by atoms with E-state index in [0.717, 1.165) is 11.1 Å². The molecule has 20 heavy (non-hydrogen) atoms. The van der Waals surface area contributed by atoms with Crippen molar-refractivity contribution >= 4 is 17.7 Å². The minimum Gasteiger partial charge on any atom is -0.480 e. The number of amides is 2. The molecule has 110 valence electrons. The largest absolute Gasteiger partial charge is 0.480 e. The standard InChI is InChI=1S/C15H22N2O3/c1-6-17(15(4,5)13(18)19)14(20)16-12-9-7-8-10(2)11(12)3/h7-9H,6H2,1-5H3,(H,16,20)(H,18,19). The Balaban J connectivity index is 3.00. The summed E-state index contributed by atoms with van der Waals surface area (Å²) in [4.78, 5) is 24.9. The Morgan fingerprint density at radius 2 is 1.90 bits per heavy atom. The van der Waals surface area contributed by atoms with Crippen LogP contribution in [0, 0.1) is 13.8 Å². The summed E-state index contributed by atoms with van der Waals surface area (Å²) in [7, 11) is 0. The van der Waals surface area contributed by atoms with Gasteiger partial charge in [0, 0.05) is 12.2 Å². The third-order valence-electron chi connectivity index (χ3n) is 3.61. The highest BCUT2D eigenvalue weighted by molar-refractivity contribution is 5.94. The Kier molecular flexibility index (Phi) is 4.76. The molecule has 0 aliphatic carbocycles. The summed E-state index contributed by atoms with van der Waals surface area (Å²) >= 11 is 0. The van der Waals surface area contributed by atoms with E-state index in [0.29, 0.717) is 12.2 Å². The van der Waals surface area contributed by atoms with Crippen molar-refractivity contribution in [3.05, 3.63) is 29.3 Å². The molecule has 1 rings (SSSR count). The lowest BCUT2D eigenvalue weighted by Crippen LogP contribution is -2.54. The van der Waals surface area contributed by atoms with Gasteiger partial charge in [-0.15, -0.1) is 0 Å². The molecule has 0 aromatic heterocycles. The molecule has 0 unspecified atom stereocenters. The number of nitrogens with one attached hydrogen (secondary N) is 1. The second-order valence-corrected chi connectivity index (χ2v) is 5.29.